The molecule has 2 amide bonds. The molecule has 1 saturated carbocycles. The molecule has 0 aromatic heterocycles. The van der Waals surface area contributed by atoms with Gasteiger partial charge in [-0.3, -0.25) is 0 Å². The number of rotatable bonds is 14. The van der Waals surface area contributed by atoms with E-state index in [2.05, 4.69) is 21.6 Å². The number of hydrogen-bond acceptors (Lipinski definition) is 9. The SMILES string of the molecule is O=C(N[S+]([O-])NCCOCCOC(=O)N(CCO)CCO)OC[C@@H]1[C@@H]2CC/C=C\CC[C@@H]21. The van der Waals surface area contributed by atoms with Gasteiger partial charge in [-0.1, -0.05) is 12.2 Å². The largest absolute Gasteiger partial charge is 0.573 e. The summed E-state index contributed by atoms with van der Waals surface area (Å²) >= 11 is -1.79. The van der Waals surface area contributed by atoms with Crippen molar-refractivity contribution >= 4 is 23.7 Å². The Bertz CT molecular complexity index is 575. The number of hydrogen-bond donors (Lipinski definition) is 4. The van der Waals surface area contributed by atoms with E-state index in [9.17, 15) is 14.1 Å². The van der Waals surface area contributed by atoms with Crippen molar-refractivity contribution in [3.05, 3.63) is 12.2 Å². The molecule has 12 heteroatoms. The zero-order valence-electron chi connectivity index (χ0n) is 18.3. The van der Waals surface area contributed by atoms with Crippen LogP contribution in [0.3, 0.4) is 0 Å². The highest BCUT2D eigenvalue weighted by Crippen LogP contribution is 2.52. The van der Waals surface area contributed by atoms with E-state index in [0.29, 0.717) is 24.4 Å². The molecule has 2 aliphatic rings. The number of allylic oxidation sites excluding steroid dienone is 2. The van der Waals surface area contributed by atoms with Gasteiger partial charge in [0.2, 0.25) is 0 Å². The number of ether oxygens (including phenoxy) is 3. The minimum Gasteiger partial charge on any atom is -0.573 e. The minimum atomic E-state index is -1.79. The second kappa shape index (κ2) is 15.3. The summed E-state index contributed by atoms with van der Waals surface area (Å²) < 4.78 is 32.1. The quantitative estimate of drug-likeness (QED) is 0.157. The first-order chi connectivity index (χ1) is 15.6. The number of nitrogens with zero attached hydrogens (tertiary/aromatic N) is 1. The summed E-state index contributed by atoms with van der Waals surface area (Å²) in [6.45, 7) is 0.576. The lowest BCUT2D eigenvalue weighted by Gasteiger charge is -2.19. The topological polar surface area (TPSA) is 153 Å². The van der Waals surface area contributed by atoms with Gasteiger partial charge in [0.1, 0.15) is 6.61 Å². The molecule has 0 aromatic rings. The summed E-state index contributed by atoms with van der Waals surface area (Å²) in [5, 5.41) is 17.8. The molecule has 2 aliphatic carbocycles. The van der Waals surface area contributed by atoms with Gasteiger partial charge in [0.05, 0.1) is 39.6 Å². The van der Waals surface area contributed by atoms with E-state index in [-0.39, 0.29) is 52.7 Å². The summed E-state index contributed by atoms with van der Waals surface area (Å²) in [6.07, 6.45) is 7.50. The molecule has 4 atom stereocenters. The Kier molecular flexibility index (Phi) is 12.8. The van der Waals surface area contributed by atoms with Crippen molar-refractivity contribution in [1.82, 2.24) is 14.3 Å². The molecular weight excluding hydrogens is 442 g/mol. The maximum Gasteiger partial charge on any atom is 0.450 e. The number of carbonyl (C=O) groups excluding carboxylic acids is 2. The molecule has 0 aliphatic heterocycles. The first-order valence-electron chi connectivity index (χ1n) is 11.0. The van der Waals surface area contributed by atoms with Crippen molar-refractivity contribution in [1.29, 1.82) is 0 Å². The van der Waals surface area contributed by atoms with Gasteiger partial charge in [-0.25, -0.2) is 9.59 Å². The van der Waals surface area contributed by atoms with Gasteiger partial charge < -0.3 is 33.9 Å². The normalized spacial score (nSPS) is 23.8. The van der Waals surface area contributed by atoms with Crippen molar-refractivity contribution in [2.75, 3.05) is 59.3 Å². The number of nitrogens with one attached hydrogen (secondary N) is 2. The van der Waals surface area contributed by atoms with E-state index in [0.717, 1.165) is 25.7 Å². The summed E-state index contributed by atoms with van der Waals surface area (Å²) in [7, 11) is 0. The molecule has 0 radical (unpaired) electrons. The Morgan fingerprint density at radius 3 is 2.31 bits per heavy atom. The number of carbonyl (C=O) groups is 2. The number of aliphatic hydroxyl groups is 2. The van der Waals surface area contributed by atoms with Crippen LogP contribution in [0, 0.1) is 17.8 Å². The Morgan fingerprint density at radius 2 is 1.69 bits per heavy atom. The minimum absolute atomic E-state index is 0.000920. The predicted octanol–water partition coefficient (Wildman–Crippen LogP) is 0.313. The molecule has 0 heterocycles. The number of amides is 2. The summed E-state index contributed by atoms with van der Waals surface area (Å²) in [5.41, 5.74) is 0. The van der Waals surface area contributed by atoms with Crippen LogP contribution in [0.4, 0.5) is 9.59 Å². The number of aliphatic hydroxyl groups excluding tert-OH is 2. The van der Waals surface area contributed by atoms with Gasteiger partial charge in [0.15, 0.2) is 11.5 Å². The monoisotopic (exact) mass is 477 g/mol. The fraction of sp³-hybridized carbons (Fsp3) is 0.800. The smallest absolute Gasteiger partial charge is 0.450 e. The van der Waals surface area contributed by atoms with Gasteiger partial charge in [0, 0.05) is 13.1 Å². The standard InChI is InChI=1S/C20H35N3O8S/c24-10-8-23(9-11-25)20(27)30-14-13-29-12-7-21-32(28)22-19(26)31-15-18-16-5-3-1-2-4-6-17(16)18/h1-2,16-18,21,24-25H,3-15H2,(H,22,26)/b2-1-/t16-,17+,18-,32?. The van der Waals surface area contributed by atoms with E-state index in [1.807, 2.05) is 0 Å². The van der Waals surface area contributed by atoms with Crippen molar-refractivity contribution in [3.8, 4) is 0 Å². The Balaban J connectivity index is 1.45. The van der Waals surface area contributed by atoms with Gasteiger partial charge >= 0.3 is 12.2 Å². The van der Waals surface area contributed by atoms with Crippen LogP contribution in [0.1, 0.15) is 25.7 Å². The lowest BCUT2D eigenvalue weighted by Crippen LogP contribution is -2.42. The molecule has 0 bridgehead atoms. The van der Waals surface area contributed by atoms with Gasteiger partial charge in [-0.15, -0.1) is 9.44 Å². The van der Waals surface area contributed by atoms with E-state index >= 15 is 0 Å². The van der Waals surface area contributed by atoms with E-state index in [4.69, 9.17) is 24.4 Å². The third-order valence-electron chi connectivity index (χ3n) is 5.52. The van der Waals surface area contributed by atoms with Crippen LogP contribution >= 0.6 is 0 Å². The highest BCUT2D eigenvalue weighted by atomic mass is 32.2. The predicted molar refractivity (Wildman–Crippen MR) is 117 cm³/mol. The van der Waals surface area contributed by atoms with E-state index in [1.165, 1.54) is 4.90 Å². The van der Waals surface area contributed by atoms with Crippen molar-refractivity contribution < 1.29 is 38.6 Å². The number of fused-ring (bicyclic) bond motifs is 1. The Labute approximate surface area is 191 Å². The molecule has 0 spiro atoms. The maximum absolute atomic E-state index is 11.8. The molecule has 184 valence electrons. The van der Waals surface area contributed by atoms with Gasteiger partial charge in [0.25, 0.3) is 0 Å². The molecule has 2 rings (SSSR count). The van der Waals surface area contributed by atoms with Crippen LogP contribution < -0.4 is 9.44 Å². The highest BCUT2D eigenvalue weighted by Gasteiger charge is 2.49. The zero-order chi connectivity index (χ0) is 23.2. The second-order valence-corrected chi connectivity index (χ2v) is 8.67. The molecule has 0 aromatic carbocycles. The molecule has 4 N–H and O–H groups in total. The van der Waals surface area contributed by atoms with E-state index < -0.39 is 23.7 Å². The average molecular weight is 478 g/mol. The molecule has 1 fully saturated rings. The molecular formula is C20H35N3O8S. The van der Waals surface area contributed by atoms with Gasteiger partial charge in [-0.2, -0.15) is 0 Å². The highest BCUT2D eigenvalue weighted by molar-refractivity contribution is 7.88. The lowest BCUT2D eigenvalue weighted by atomic mass is 10.1. The zero-order valence-corrected chi connectivity index (χ0v) is 19.1. The van der Waals surface area contributed by atoms with Crippen molar-refractivity contribution in [3.63, 3.8) is 0 Å². The Morgan fingerprint density at radius 1 is 1.03 bits per heavy atom. The second-order valence-electron chi connectivity index (χ2n) is 7.64. The van der Waals surface area contributed by atoms with Crippen molar-refractivity contribution in [2.45, 2.75) is 25.7 Å². The van der Waals surface area contributed by atoms with Crippen LogP contribution in [0.2, 0.25) is 0 Å². The van der Waals surface area contributed by atoms with Crippen LogP contribution in [0.5, 0.6) is 0 Å². The molecule has 32 heavy (non-hydrogen) atoms. The lowest BCUT2D eigenvalue weighted by molar-refractivity contribution is 0.0502. The maximum atomic E-state index is 11.8. The summed E-state index contributed by atoms with van der Waals surface area (Å²) in [6, 6.07) is 0. The van der Waals surface area contributed by atoms with Gasteiger partial charge in [-0.05, 0) is 43.4 Å². The third-order valence-corrected chi connectivity index (χ3v) is 6.34. The molecule has 1 unspecified atom stereocenters. The van der Waals surface area contributed by atoms with Crippen LogP contribution in [-0.2, 0) is 25.8 Å². The van der Waals surface area contributed by atoms with E-state index in [1.54, 1.807) is 0 Å². The first-order valence-corrected chi connectivity index (χ1v) is 12.2. The average Bonchev–Trinajstić information content (AvgIpc) is 3.40. The van der Waals surface area contributed by atoms with Crippen LogP contribution in [0.15, 0.2) is 12.2 Å². The first kappa shape index (κ1) is 26.7. The van der Waals surface area contributed by atoms with Crippen molar-refractivity contribution in [2.24, 2.45) is 17.8 Å². The third kappa shape index (κ3) is 9.92. The fourth-order valence-corrected chi connectivity index (χ4v) is 4.43. The Hall–Kier alpha value is -1.57. The molecule has 11 nitrogen and oxygen atoms in total. The fourth-order valence-electron chi connectivity index (χ4n) is 3.88. The van der Waals surface area contributed by atoms with Crippen LogP contribution in [-0.4, -0.2) is 91.1 Å². The summed E-state index contributed by atoms with van der Waals surface area (Å²) in [4.78, 5) is 24.7. The summed E-state index contributed by atoms with van der Waals surface area (Å²) in [5.74, 6) is 1.66. The van der Waals surface area contributed by atoms with Crippen LogP contribution in [0.25, 0.3) is 0 Å². The molecule has 0 saturated heterocycles.